The Kier molecular flexibility index (Phi) is 12.0. The average molecular weight is 245 g/mol. The Labute approximate surface area is 108 Å². The second kappa shape index (κ2) is 11.8. The van der Waals surface area contributed by atoms with Crippen LogP contribution in [0.3, 0.4) is 0 Å². The first-order chi connectivity index (χ1) is 7.72. The van der Waals surface area contributed by atoms with E-state index in [-0.39, 0.29) is 0 Å². The van der Waals surface area contributed by atoms with Crippen molar-refractivity contribution in [3.63, 3.8) is 0 Å². The highest BCUT2D eigenvalue weighted by Crippen LogP contribution is 2.09. The molecule has 0 aliphatic carbocycles. The Bertz CT molecular complexity index is 137. The maximum atomic E-state index is 4.23. The molecule has 0 amide bonds. The van der Waals surface area contributed by atoms with Gasteiger partial charge in [0.25, 0.3) is 0 Å². The predicted octanol–water partition coefficient (Wildman–Crippen LogP) is 4.38. The molecule has 0 spiro atoms. The van der Waals surface area contributed by atoms with Crippen LogP contribution in [0.2, 0.25) is 0 Å². The molecule has 0 aromatic rings. The van der Waals surface area contributed by atoms with Gasteiger partial charge in [-0.2, -0.15) is 12.6 Å². The van der Waals surface area contributed by atoms with Crippen LogP contribution in [-0.4, -0.2) is 29.8 Å². The molecule has 0 saturated carbocycles. The quantitative estimate of drug-likeness (QED) is 0.418. The molecule has 1 nitrogen and oxygen atoms in total. The van der Waals surface area contributed by atoms with Crippen molar-refractivity contribution < 1.29 is 0 Å². The Hall–Kier alpha value is 0.310. The SMILES string of the molecule is CCN(CCCCCCCCCS)C(C)C. The first-order valence-corrected chi connectivity index (χ1v) is 7.70. The van der Waals surface area contributed by atoms with E-state index in [1.165, 1.54) is 58.0 Å². The topological polar surface area (TPSA) is 3.24 Å². The number of thiol groups is 1. The van der Waals surface area contributed by atoms with Crippen LogP contribution in [0.25, 0.3) is 0 Å². The molecular weight excluding hydrogens is 214 g/mol. The van der Waals surface area contributed by atoms with Gasteiger partial charge in [0.2, 0.25) is 0 Å². The van der Waals surface area contributed by atoms with Crippen LogP contribution < -0.4 is 0 Å². The molecule has 0 aromatic carbocycles. The molecule has 0 heterocycles. The third kappa shape index (κ3) is 9.53. The highest BCUT2D eigenvalue weighted by Gasteiger charge is 2.05. The Morgan fingerprint density at radius 1 is 0.875 bits per heavy atom. The summed E-state index contributed by atoms with van der Waals surface area (Å²) in [6.45, 7) is 9.32. The number of nitrogens with zero attached hydrogens (tertiary/aromatic N) is 1. The minimum Gasteiger partial charge on any atom is -0.301 e. The van der Waals surface area contributed by atoms with Crippen molar-refractivity contribution in [2.45, 2.75) is 71.8 Å². The van der Waals surface area contributed by atoms with Gasteiger partial charge in [-0.05, 0) is 45.5 Å². The summed E-state index contributed by atoms with van der Waals surface area (Å²) in [7, 11) is 0. The van der Waals surface area contributed by atoms with Crippen molar-refractivity contribution in [1.29, 1.82) is 0 Å². The molecule has 98 valence electrons. The lowest BCUT2D eigenvalue weighted by atomic mass is 10.1. The van der Waals surface area contributed by atoms with Gasteiger partial charge in [0.15, 0.2) is 0 Å². The van der Waals surface area contributed by atoms with Crippen molar-refractivity contribution in [3.8, 4) is 0 Å². The van der Waals surface area contributed by atoms with Crippen LogP contribution in [0.5, 0.6) is 0 Å². The molecular formula is C14H31NS. The van der Waals surface area contributed by atoms with Crippen molar-refractivity contribution in [2.24, 2.45) is 0 Å². The number of unbranched alkanes of at least 4 members (excludes halogenated alkanes) is 6. The zero-order chi connectivity index (χ0) is 12.2. The summed E-state index contributed by atoms with van der Waals surface area (Å²) >= 11 is 4.23. The fourth-order valence-corrected chi connectivity index (χ4v) is 2.32. The van der Waals surface area contributed by atoms with E-state index in [0.717, 1.165) is 5.75 Å². The van der Waals surface area contributed by atoms with Crippen molar-refractivity contribution in [1.82, 2.24) is 4.90 Å². The first-order valence-electron chi connectivity index (χ1n) is 7.07. The molecule has 0 N–H and O–H groups in total. The Balaban J connectivity index is 3.19. The average Bonchev–Trinajstić information content (AvgIpc) is 2.26. The van der Waals surface area contributed by atoms with Gasteiger partial charge in [-0.3, -0.25) is 0 Å². The van der Waals surface area contributed by atoms with E-state index in [0.29, 0.717) is 6.04 Å². The lowest BCUT2D eigenvalue weighted by Gasteiger charge is -2.24. The van der Waals surface area contributed by atoms with E-state index in [9.17, 15) is 0 Å². The van der Waals surface area contributed by atoms with E-state index < -0.39 is 0 Å². The van der Waals surface area contributed by atoms with Crippen LogP contribution in [0.4, 0.5) is 0 Å². The molecule has 0 fully saturated rings. The summed E-state index contributed by atoms with van der Waals surface area (Å²) in [4.78, 5) is 2.56. The standard InChI is InChI=1S/C14H31NS/c1-4-15(14(2)3)12-10-8-6-5-7-9-11-13-16/h14,16H,4-13H2,1-3H3. The molecule has 0 aromatic heterocycles. The molecule has 0 rings (SSSR count). The maximum absolute atomic E-state index is 4.23. The molecule has 0 saturated heterocycles. The first kappa shape index (κ1) is 16.3. The molecule has 0 atom stereocenters. The summed E-state index contributed by atoms with van der Waals surface area (Å²) in [5, 5.41) is 0. The fourth-order valence-electron chi connectivity index (χ4n) is 2.09. The van der Waals surface area contributed by atoms with E-state index in [1.807, 2.05) is 0 Å². The highest BCUT2D eigenvalue weighted by atomic mass is 32.1. The van der Waals surface area contributed by atoms with Gasteiger partial charge in [0.05, 0.1) is 0 Å². The van der Waals surface area contributed by atoms with Crippen molar-refractivity contribution >= 4 is 12.6 Å². The number of rotatable bonds is 11. The van der Waals surface area contributed by atoms with Gasteiger partial charge in [0, 0.05) is 6.04 Å². The summed E-state index contributed by atoms with van der Waals surface area (Å²) in [6, 6.07) is 0.709. The second-order valence-electron chi connectivity index (χ2n) is 4.92. The van der Waals surface area contributed by atoms with E-state index >= 15 is 0 Å². The van der Waals surface area contributed by atoms with Gasteiger partial charge < -0.3 is 4.90 Å². The van der Waals surface area contributed by atoms with Gasteiger partial charge in [-0.1, -0.05) is 39.0 Å². The van der Waals surface area contributed by atoms with E-state index in [2.05, 4.69) is 38.3 Å². The van der Waals surface area contributed by atoms with Gasteiger partial charge >= 0.3 is 0 Å². The predicted molar refractivity (Wildman–Crippen MR) is 78.6 cm³/mol. The van der Waals surface area contributed by atoms with Gasteiger partial charge in [-0.25, -0.2) is 0 Å². The zero-order valence-electron chi connectivity index (χ0n) is 11.5. The minimum absolute atomic E-state index is 0.709. The largest absolute Gasteiger partial charge is 0.301 e. The molecule has 0 radical (unpaired) electrons. The normalized spacial score (nSPS) is 11.6. The second-order valence-corrected chi connectivity index (χ2v) is 5.37. The molecule has 0 bridgehead atoms. The lowest BCUT2D eigenvalue weighted by Crippen LogP contribution is -2.31. The Morgan fingerprint density at radius 3 is 1.81 bits per heavy atom. The summed E-state index contributed by atoms with van der Waals surface area (Å²) in [6.07, 6.45) is 9.69. The van der Waals surface area contributed by atoms with Crippen LogP contribution in [-0.2, 0) is 0 Å². The minimum atomic E-state index is 0.709. The van der Waals surface area contributed by atoms with E-state index in [1.54, 1.807) is 0 Å². The lowest BCUT2D eigenvalue weighted by molar-refractivity contribution is 0.228. The van der Waals surface area contributed by atoms with Crippen LogP contribution >= 0.6 is 12.6 Å². The zero-order valence-corrected chi connectivity index (χ0v) is 12.4. The summed E-state index contributed by atoms with van der Waals surface area (Å²) in [5.41, 5.74) is 0. The molecule has 0 aliphatic heterocycles. The van der Waals surface area contributed by atoms with Crippen LogP contribution in [0, 0.1) is 0 Å². The summed E-state index contributed by atoms with van der Waals surface area (Å²) < 4.78 is 0. The number of hydrogen-bond donors (Lipinski definition) is 1. The fraction of sp³-hybridized carbons (Fsp3) is 1.00. The van der Waals surface area contributed by atoms with Crippen LogP contribution in [0.1, 0.15) is 65.7 Å². The van der Waals surface area contributed by atoms with E-state index in [4.69, 9.17) is 0 Å². The van der Waals surface area contributed by atoms with Gasteiger partial charge in [0.1, 0.15) is 0 Å². The van der Waals surface area contributed by atoms with Gasteiger partial charge in [-0.15, -0.1) is 0 Å². The molecule has 16 heavy (non-hydrogen) atoms. The monoisotopic (exact) mass is 245 g/mol. The molecule has 0 unspecified atom stereocenters. The Morgan fingerprint density at radius 2 is 1.38 bits per heavy atom. The third-order valence-corrected chi connectivity index (χ3v) is 3.56. The maximum Gasteiger partial charge on any atom is 0.00384 e. The molecule has 2 heteroatoms. The third-order valence-electron chi connectivity index (χ3n) is 3.24. The van der Waals surface area contributed by atoms with Crippen molar-refractivity contribution in [3.05, 3.63) is 0 Å². The highest BCUT2D eigenvalue weighted by molar-refractivity contribution is 7.80. The summed E-state index contributed by atoms with van der Waals surface area (Å²) in [5.74, 6) is 1.06. The van der Waals surface area contributed by atoms with Crippen LogP contribution in [0.15, 0.2) is 0 Å². The number of hydrogen-bond acceptors (Lipinski definition) is 2. The van der Waals surface area contributed by atoms with Crippen molar-refractivity contribution in [2.75, 3.05) is 18.8 Å². The smallest absolute Gasteiger partial charge is 0.00384 e. The molecule has 0 aliphatic rings.